The van der Waals surface area contributed by atoms with Crippen molar-refractivity contribution in [3.63, 3.8) is 0 Å². The van der Waals surface area contributed by atoms with Crippen molar-refractivity contribution in [1.29, 1.82) is 0 Å². The van der Waals surface area contributed by atoms with E-state index in [1.165, 1.54) is 6.26 Å². The first kappa shape index (κ1) is 11.3. The molecule has 1 aromatic heterocycles. The van der Waals surface area contributed by atoms with Crippen molar-refractivity contribution < 1.29 is 13.9 Å². The van der Waals surface area contributed by atoms with E-state index in [1.807, 2.05) is 4.90 Å². The van der Waals surface area contributed by atoms with E-state index in [0.29, 0.717) is 23.4 Å². The Bertz CT molecular complexity index is 434. The number of ether oxygens (including phenoxy) is 1. The molecule has 0 spiro atoms. The first-order chi connectivity index (χ1) is 8.27. The van der Waals surface area contributed by atoms with Crippen LogP contribution in [0.5, 0.6) is 0 Å². The quantitative estimate of drug-likeness (QED) is 0.836. The van der Waals surface area contributed by atoms with Crippen molar-refractivity contribution in [2.24, 2.45) is 0 Å². The second-order valence-corrected chi connectivity index (χ2v) is 5.09. The molecule has 1 N–H and O–H groups in total. The molecule has 2 atom stereocenters. The molecule has 0 unspecified atom stereocenters. The van der Waals surface area contributed by atoms with Gasteiger partial charge in [0.05, 0.1) is 29.5 Å². The lowest BCUT2D eigenvalue weighted by atomic mass is 10.1. The lowest BCUT2D eigenvalue weighted by Crippen LogP contribution is -2.53. The highest BCUT2D eigenvalue weighted by Gasteiger charge is 2.39. The van der Waals surface area contributed by atoms with Crippen molar-refractivity contribution in [1.82, 2.24) is 10.2 Å². The molecule has 0 radical (unpaired) electrons. The lowest BCUT2D eigenvalue weighted by molar-refractivity contribution is -0.0374. The Morgan fingerprint density at radius 1 is 1.53 bits per heavy atom. The summed E-state index contributed by atoms with van der Waals surface area (Å²) >= 11 is 3.32. The van der Waals surface area contributed by atoms with Crippen molar-refractivity contribution in [3.8, 4) is 0 Å². The molecular formula is C11H13BrN2O3. The zero-order valence-electron chi connectivity index (χ0n) is 9.19. The van der Waals surface area contributed by atoms with Crippen molar-refractivity contribution in [2.45, 2.75) is 12.1 Å². The highest BCUT2D eigenvalue weighted by Crippen LogP contribution is 2.24. The summed E-state index contributed by atoms with van der Waals surface area (Å²) in [5.41, 5.74) is 0. The third-order valence-electron chi connectivity index (χ3n) is 3.26. The summed E-state index contributed by atoms with van der Waals surface area (Å²) in [6, 6.07) is 1.85. The Hall–Kier alpha value is -0.850. The van der Waals surface area contributed by atoms with Gasteiger partial charge in [-0.1, -0.05) is 0 Å². The third-order valence-corrected chi connectivity index (χ3v) is 3.89. The molecule has 2 fully saturated rings. The van der Waals surface area contributed by atoms with Gasteiger partial charge in [-0.3, -0.25) is 4.79 Å². The molecule has 1 amide bonds. The van der Waals surface area contributed by atoms with Crippen LogP contribution in [0.15, 0.2) is 21.2 Å². The summed E-state index contributed by atoms with van der Waals surface area (Å²) in [5.74, 6) is 0.307. The van der Waals surface area contributed by atoms with Crippen LogP contribution in [0.25, 0.3) is 0 Å². The van der Waals surface area contributed by atoms with Crippen molar-refractivity contribution in [2.75, 3.05) is 26.2 Å². The lowest BCUT2D eigenvalue weighted by Gasteiger charge is -2.36. The van der Waals surface area contributed by atoms with E-state index >= 15 is 0 Å². The fourth-order valence-corrected chi connectivity index (χ4v) is 2.79. The van der Waals surface area contributed by atoms with Gasteiger partial charge in [-0.15, -0.1) is 0 Å². The molecule has 0 saturated carbocycles. The van der Waals surface area contributed by atoms with Crippen LogP contribution >= 0.6 is 15.9 Å². The van der Waals surface area contributed by atoms with Crippen LogP contribution in [0.4, 0.5) is 0 Å². The van der Waals surface area contributed by atoms with Gasteiger partial charge in [-0.05, 0) is 22.0 Å². The number of rotatable bonds is 1. The number of fused-ring (bicyclic) bond motifs is 1. The number of carbonyl (C=O) groups is 1. The highest BCUT2D eigenvalue weighted by molar-refractivity contribution is 9.10. The average Bonchev–Trinajstić information content (AvgIpc) is 2.95. The SMILES string of the molecule is O=C(c1occc1Br)N1CCO[C@H]2CNC[C@H]21. The number of carbonyl (C=O) groups excluding carboxylic acids is 1. The molecule has 2 saturated heterocycles. The molecule has 2 aliphatic rings. The topological polar surface area (TPSA) is 54.7 Å². The molecule has 0 bridgehead atoms. The average molecular weight is 301 g/mol. The molecule has 5 nitrogen and oxygen atoms in total. The number of hydrogen-bond donors (Lipinski definition) is 1. The summed E-state index contributed by atoms with van der Waals surface area (Å²) < 4.78 is 11.6. The molecule has 6 heteroatoms. The number of hydrogen-bond acceptors (Lipinski definition) is 4. The normalized spacial score (nSPS) is 28.2. The zero-order valence-corrected chi connectivity index (χ0v) is 10.8. The highest BCUT2D eigenvalue weighted by atomic mass is 79.9. The molecular weight excluding hydrogens is 288 g/mol. The van der Waals surface area contributed by atoms with E-state index in [0.717, 1.165) is 13.1 Å². The fourth-order valence-electron chi connectivity index (χ4n) is 2.42. The first-order valence-electron chi connectivity index (χ1n) is 5.63. The first-order valence-corrected chi connectivity index (χ1v) is 6.43. The maximum absolute atomic E-state index is 12.3. The monoisotopic (exact) mass is 300 g/mol. The number of furan rings is 1. The number of halogens is 1. The fraction of sp³-hybridized carbons (Fsp3) is 0.545. The minimum Gasteiger partial charge on any atom is -0.458 e. The summed E-state index contributed by atoms with van der Waals surface area (Å²) in [5, 5.41) is 3.25. The van der Waals surface area contributed by atoms with Gasteiger partial charge in [0.1, 0.15) is 0 Å². The van der Waals surface area contributed by atoms with Crippen molar-refractivity contribution >= 4 is 21.8 Å². The van der Waals surface area contributed by atoms with Crippen LogP contribution in [0.1, 0.15) is 10.6 Å². The molecule has 2 aliphatic heterocycles. The van der Waals surface area contributed by atoms with E-state index in [1.54, 1.807) is 6.07 Å². The Morgan fingerprint density at radius 3 is 3.18 bits per heavy atom. The molecule has 0 aliphatic carbocycles. The second-order valence-electron chi connectivity index (χ2n) is 4.23. The second kappa shape index (κ2) is 4.44. The van der Waals surface area contributed by atoms with Gasteiger partial charge >= 0.3 is 0 Å². The maximum Gasteiger partial charge on any atom is 0.291 e. The molecule has 1 aromatic rings. The molecule has 0 aromatic carbocycles. The minimum absolute atomic E-state index is 0.0659. The van der Waals surface area contributed by atoms with Gasteiger partial charge in [-0.25, -0.2) is 0 Å². The molecule has 92 valence electrons. The van der Waals surface area contributed by atoms with Gasteiger partial charge in [0.25, 0.3) is 5.91 Å². The molecule has 3 rings (SSSR count). The smallest absolute Gasteiger partial charge is 0.291 e. The van der Waals surface area contributed by atoms with Gasteiger partial charge in [0, 0.05) is 19.6 Å². The largest absolute Gasteiger partial charge is 0.458 e. The summed E-state index contributed by atoms with van der Waals surface area (Å²) in [6.45, 7) is 2.81. The van der Waals surface area contributed by atoms with Gasteiger partial charge in [-0.2, -0.15) is 0 Å². The number of nitrogens with one attached hydrogen (secondary N) is 1. The number of morpholine rings is 1. The third kappa shape index (κ3) is 1.90. The van der Waals surface area contributed by atoms with Crippen LogP contribution in [-0.4, -0.2) is 49.2 Å². The Kier molecular flexibility index (Phi) is 2.94. The Balaban J connectivity index is 1.83. The van der Waals surface area contributed by atoms with E-state index in [9.17, 15) is 4.79 Å². The van der Waals surface area contributed by atoms with E-state index < -0.39 is 0 Å². The predicted molar refractivity (Wildman–Crippen MR) is 63.8 cm³/mol. The van der Waals surface area contributed by atoms with Crippen LogP contribution < -0.4 is 5.32 Å². The predicted octanol–water partition coefficient (Wildman–Crippen LogP) is 0.855. The summed E-state index contributed by atoms with van der Waals surface area (Å²) in [7, 11) is 0. The zero-order chi connectivity index (χ0) is 11.8. The van der Waals surface area contributed by atoms with Crippen LogP contribution in [0.2, 0.25) is 0 Å². The van der Waals surface area contributed by atoms with Gasteiger partial charge in [0.2, 0.25) is 5.76 Å². The Labute approximate surface area is 107 Å². The van der Waals surface area contributed by atoms with Gasteiger partial charge in [0.15, 0.2) is 0 Å². The Morgan fingerprint density at radius 2 is 2.41 bits per heavy atom. The van der Waals surface area contributed by atoms with E-state index in [-0.39, 0.29) is 18.1 Å². The number of nitrogens with zero attached hydrogens (tertiary/aromatic N) is 1. The van der Waals surface area contributed by atoms with Crippen LogP contribution in [-0.2, 0) is 4.74 Å². The van der Waals surface area contributed by atoms with Crippen LogP contribution in [0, 0.1) is 0 Å². The van der Waals surface area contributed by atoms with Gasteiger partial charge < -0.3 is 19.4 Å². The molecule has 17 heavy (non-hydrogen) atoms. The molecule has 3 heterocycles. The van der Waals surface area contributed by atoms with Crippen LogP contribution in [0.3, 0.4) is 0 Å². The summed E-state index contributed by atoms with van der Waals surface area (Å²) in [6.07, 6.45) is 1.63. The van der Waals surface area contributed by atoms with E-state index in [4.69, 9.17) is 9.15 Å². The number of amides is 1. The summed E-state index contributed by atoms with van der Waals surface area (Å²) in [4.78, 5) is 14.2. The van der Waals surface area contributed by atoms with E-state index in [2.05, 4.69) is 21.2 Å². The van der Waals surface area contributed by atoms with Crippen molar-refractivity contribution in [3.05, 3.63) is 22.6 Å². The maximum atomic E-state index is 12.3. The standard InChI is InChI=1S/C11H13BrN2O3/c12-7-1-3-17-10(7)11(15)14-2-4-16-9-6-13-5-8(9)14/h1,3,8-9,13H,2,4-6H2/t8-,9+/m1/s1. The minimum atomic E-state index is -0.0659.